The highest BCUT2D eigenvalue weighted by atomic mass is 32.2. The highest BCUT2D eigenvalue weighted by molar-refractivity contribution is 7.92. The number of nitrogens with zero attached hydrogens (tertiary/aromatic N) is 4. The molecular weight excluding hydrogens is 735 g/mol. The predicted molar refractivity (Wildman–Crippen MR) is 212 cm³/mol. The zero-order valence-electron chi connectivity index (χ0n) is 32.8. The number of hydrogen-bond acceptors (Lipinski definition) is 9. The highest BCUT2D eigenvalue weighted by Crippen LogP contribution is 2.47. The second-order valence-electron chi connectivity index (χ2n) is 16.7. The molecule has 6 aliphatic rings. The van der Waals surface area contributed by atoms with Crippen LogP contribution in [0.25, 0.3) is 0 Å². The maximum Gasteiger partial charge on any atom is 0.410 e. The molecule has 14 heteroatoms. The Morgan fingerprint density at radius 3 is 2.64 bits per heavy atom. The second-order valence-corrected chi connectivity index (χ2v) is 18.7. The summed E-state index contributed by atoms with van der Waals surface area (Å²) in [6.07, 6.45) is 9.06. The number of amides is 4. The van der Waals surface area contributed by atoms with Crippen molar-refractivity contribution in [2.24, 2.45) is 22.1 Å². The van der Waals surface area contributed by atoms with Crippen LogP contribution in [-0.4, -0.2) is 116 Å². The number of urea groups is 1. The van der Waals surface area contributed by atoms with Crippen LogP contribution in [0, 0.1) is 24.7 Å². The Labute approximate surface area is 330 Å². The molecule has 6 atom stereocenters. The quantitative estimate of drug-likeness (QED) is 0.400. The Hall–Kier alpha value is -4.14. The van der Waals surface area contributed by atoms with Gasteiger partial charge in [-0.05, 0) is 92.5 Å². The van der Waals surface area contributed by atoms with E-state index in [1.165, 1.54) is 21.6 Å². The summed E-state index contributed by atoms with van der Waals surface area (Å²) in [4.78, 5) is 45.6. The zero-order valence-corrected chi connectivity index (χ0v) is 33.6. The number of anilines is 1. The molecule has 56 heavy (non-hydrogen) atoms. The van der Waals surface area contributed by atoms with E-state index in [2.05, 4.69) is 51.3 Å². The number of benzene rings is 2. The lowest BCUT2D eigenvalue weighted by molar-refractivity contribution is -0.0246. The minimum Gasteiger partial charge on any atom is -0.490 e. The highest BCUT2D eigenvalue weighted by Gasteiger charge is 2.44. The van der Waals surface area contributed by atoms with E-state index in [-0.39, 0.29) is 41.8 Å². The van der Waals surface area contributed by atoms with Crippen LogP contribution in [0.5, 0.6) is 5.75 Å². The normalized spacial score (nSPS) is 31.3. The summed E-state index contributed by atoms with van der Waals surface area (Å²) >= 11 is 0. The van der Waals surface area contributed by atoms with Gasteiger partial charge in [0.05, 0.1) is 50.5 Å². The van der Waals surface area contributed by atoms with Crippen LogP contribution in [-0.2, 0) is 36.0 Å². The summed E-state index contributed by atoms with van der Waals surface area (Å²) in [7, 11) is -1.81. The molecule has 8 rings (SSSR count). The summed E-state index contributed by atoms with van der Waals surface area (Å²) in [5.74, 6) is 0.575. The van der Waals surface area contributed by atoms with Crippen LogP contribution in [0.4, 0.5) is 15.3 Å². The van der Waals surface area contributed by atoms with Gasteiger partial charge in [-0.25, -0.2) is 13.8 Å². The van der Waals surface area contributed by atoms with E-state index in [1.54, 1.807) is 18.1 Å². The molecule has 2 bridgehead atoms. The molecule has 3 fully saturated rings. The number of carbonyl (C=O) groups excluding carboxylic acids is 3. The number of rotatable bonds is 3. The minimum atomic E-state index is -3.58. The van der Waals surface area contributed by atoms with Crippen molar-refractivity contribution in [1.82, 2.24) is 14.5 Å². The van der Waals surface area contributed by atoms with Crippen molar-refractivity contribution in [3.63, 3.8) is 0 Å². The van der Waals surface area contributed by atoms with Gasteiger partial charge in [-0.2, -0.15) is 0 Å². The van der Waals surface area contributed by atoms with Gasteiger partial charge in [0.1, 0.15) is 21.8 Å². The minimum absolute atomic E-state index is 0.0244. The summed E-state index contributed by atoms with van der Waals surface area (Å²) < 4.78 is 45.2. The van der Waals surface area contributed by atoms with Crippen LogP contribution >= 0.6 is 0 Å². The van der Waals surface area contributed by atoms with E-state index in [0.717, 1.165) is 50.9 Å². The molecule has 0 aromatic heterocycles. The van der Waals surface area contributed by atoms with E-state index in [0.29, 0.717) is 56.9 Å². The van der Waals surface area contributed by atoms with Crippen molar-refractivity contribution >= 4 is 33.6 Å². The number of morpholine rings is 1. The number of carbonyl (C=O) groups is 3. The van der Waals surface area contributed by atoms with Gasteiger partial charge >= 0.3 is 12.1 Å². The fraction of sp³-hybridized carbons (Fsp3) is 0.595. The molecule has 4 heterocycles. The van der Waals surface area contributed by atoms with Gasteiger partial charge in [0.2, 0.25) is 0 Å². The fourth-order valence-electron chi connectivity index (χ4n) is 9.37. The fourth-order valence-corrected chi connectivity index (χ4v) is 11.3. The van der Waals surface area contributed by atoms with Crippen molar-refractivity contribution in [2.45, 2.75) is 70.0 Å². The molecule has 0 radical (unpaired) electrons. The third-order valence-electron chi connectivity index (χ3n) is 12.6. The first kappa shape index (κ1) is 38.7. The zero-order chi connectivity index (χ0) is 39.0. The molecule has 302 valence electrons. The number of aryl methyl sites for hydroxylation is 2. The van der Waals surface area contributed by atoms with Crippen LogP contribution in [0.3, 0.4) is 0 Å². The van der Waals surface area contributed by atoms with Crippen LogP contribution in [0.1, 0.15) is 66.1 Å². The molecular formula is C42H55N5O8S. The summed E-state index contributed by atoms with van der Waals surface area (Å²) in [5, 5.41) is 0. The molecule has 1 N–H and O–H groups in total. The molecule has 1 unspecified atom stereocenters. The van der Waals surface area contributed by atoms with Gasteiger partial charge in [0.25, 0.3) is 5.91 Å². The molecule has 2 aromatic carbocycles. The SMILES string of the molecule is CO[C@H]1/C=C/C[C@H](C)CS(=O)(NC(=O)N2CC(OC(=O)N3CCOCC3)C2)=NC(=O)c2ccc3c(c2)N(C[C@@H]2CC[C@H]21)C[C@@]1(CCCc2cc(C)ccc21)CO3. The maximum atomic E-state index is 14.6. The lowest BCUT2D eigenvalue weighted by Gasteiger charge is -2.46. The first-order valence-corrected chi connectivity index (χ1v) is 21.9. The van der Waals surface area contributed by atoms with Gasteiger partial charge in [-0.3, -0.25) is 9.52 Å². The van der Waals surface area contributed by atoms with E-state index in [1.807, 2.05) is 19.1 Å². The summed E-state index contributed by atoms with van der Waals surface area (Å²) in [5.41, 5.74) is 4.88. The van der Waals surface area contributed by atoms with Gasteiger partial charge in [0, 0.05) is 44.3 Å². The van der Waals surface area contributed by atoms with E-state index >= 15 is 0 Å². The third-order valence-corrected chi connectivity index (χ3v) is 14.6. The van der Waals surface area contributed by atoms with E-state index < -0.39 is 34.1 Å². The summed E-state index contributed by atoms with van der Waals surface area (Å²) in [6.45, 7) is 8.27. The topological polar surface area (TPSA) is 139 Å². The Bertz CT molecular complexity index is 1990. The average Bonchev–Trinajstić information content (AvgIpc) is 3.30. The lowest BCUT2D eigenvalue weighted by atomic mass is 9.68. The Morgan fingerprint density at radius 1 is 1.05 bits per heavy atom. The number of methoxy groups -OCH3 is 1. The van der Waals surface area contributed by atoms with Gasteiger partial charge in [0.15, 0.2) is 0 Å². The maximum absolute atomic E-state index is 14.6. The Morgan fingerprint density at radius 2 is 1.88 bits per heavy atom. The number of likely N-dealkylation sites (tertiary alicyclic amines) is 1. The first-order chi connectivity index (χ1) is 27.0. The molecule has 4 amide bonds. The first-order valence-electron chi connectivity index (χ1n) is 20.2. The van der Waals surface area contributed by atoms with Crippen molar-refractivity contribution in [1.29, 1.82) is 0 Å². The van der Waals surface area contributed by atoms with E-state index in [4.69, 9.17) is 18.9 Å². The predicted octanol–water partition coefficient (Wildman–Crippen LogP) is 5.49. The number of allylic oxidation sites excluding steroid dienone is 1. The number of fused-ring (bicyclic) bond motifs is 4. The van der Waals surface area contributed by atoms with Crippen molar-refractivity contribution in [3.8, 4) is 5.75 Å². The molecule has 1 spiro atoms. The molecule has 2 aromatic rings. The molecule has 4 aliphatic heterocycles. The van der Waals surface area contributed by atoms with Gasteiger partial charge in [-0.15, -0.1) is 4.36 Å². The second kappa shape index (κ2) is 16.0. The molecule has 13 nitrogen and oxygen atoms in total. The Balaban J connectivity index is 1.08. The number of hydrogen-bond donors (Lipinski definition) is 1. The van der Waals surface area contributed by atoms with Crippen molar-refractivity contribution < 1.29 is 37.5 Å². The van der Waals surface area contributed by atoms with Crippen molar-refractivity contribution in [2.75, 3.05) is 76.9 Å². The molecule has 2 aliphatic carbocycles. The monoisotopic (exact) mass is 789 g/mol. The van der Waals surface area contributed by atoms with Gasteiger partial charge in [-0.1, -0.05) is 42.8 Å². The van der Waals surface area contributed by atoms with Crippen LogP contribution < -0.4 is 14.4 Å². The largest absolute Gasteiger partial charge is 0.490 e. The Kier molecular flexibility index (Phi) is 11.1. The summed E-state index contributed by atoms with van der Waals surface area (Å²) in [6, 6.07) is 11.5. The standard InChI is InChI=1S/C42H55N5O8S/c1-28-9-13-35-30(20-28)7-5-15-42(35)26-47-22-32-10-12-34(32)37(52-3)8-4-6-29(2)25-56(51,43-39(48)31-11-14-38(54-27-42)36(47)21-31)44-40(49)46-23-33(24-46)55-41(50)45-16-18-53-19-17-45/h4,8-9,11,13-14,20-21,29,32-34,37H,5-7,10,12,15-19,22-27H2,1-3H3,(H,43,44,48,49,51)/b8-4+/t29-,32-,34+,37-,42-,56?/m0/s1. The molecule has 2 saturated heterocycles. The smallest absolute Gasteiger partial charge is 0.410 e. The van der Waals surface area contributed by atoms with Crippen LogP contribution in [0.2, 0.25) is 0 Å². The number of ether oxygens (including phenoxy) is 4. The third kappa shape index (κ3) is 8.02. The number of nitrogens with one attached hydrogen (secondary N) is 1. The average molecular weight is 790 g/mol. The van der Waals surface area contributed by atoms with Gasteiger partial charge < -0.3 is 33.6 Å². The van der Waals surface area contributed by atoms with Crippen LogP contribution in [0.15, 0.2) is 52.9 Å². The lowest BCUT2D eigenvalue weighted by Crippen LogP contribution is -2.60. The van der Waals surface area contributed by atoms with E-state index in [9.17, 15) is 18.6 Å². The van der Waals surface area contributed by atoms with Crippen molar-refractivity contribution in [3.05, 3.63) is 70.8 Å². The molecule has 1 saturated carbocycles.